The second-order valence-electron chi connectivity index (χ2n) is 7.71. The van der Waals surface area contributed by atoms with E-state index in [1.807, 2.05) is 18.5 Å². The maximum absolute atomic E-state index is 4.59. The van der Waals surface area contributed by atoms with Gasteiger partial charge in [-0.1, -0.05) is 37.3 Å². The molecule has 0 bridgehead atoms. The van der Waals surface area contributed by atoms with E-state index in [9.17, 15) is 0 Å². The van der Waals surface area contributed by atoms with E-state index in [4.69, 9.17) is 0 Å². The Morgan fingerprint density at radius 1 is 0.867 bits per heavy atom. The molecule has 2 aromatic heterocycles. The van der Waals surface area contributed by atoms with Crippen LogP contribution >= 0.6 is 0 Å². The Labute approximate surface area is 177 Å². The summed E-state index contributed by atoms with van der Waals surface area (Å²) in [6, 6.07) is 23.4. The lowest BCUT2D eigenvalue weighted by Gasteiger charge is -2.35. The molecule has 5 heteroatoms. The molecular formula is C25H27N5. The van der Waals surface area contributed by atoms with Gasteiger partial charge in [0.15, 0.2) is 5.65 Å². The molecule has 30 heavy (non-hydrogen) atoms. The van der Waals surface area contributed by atoms with Gasteiger partial charge >= 0.3 is 0 Å². The van der Waals surface area contributed by atoms with Crippen molar-refractivity contribution >= 4 is 22.7 Å². The SMILES string of the molecule is CCN1CCN(c2ccc(Nc3ccc(-c4ccccc4)n4ccnc34)cc2)CC1. The Morgan fingerprint density at radius 2 is 1.63 bits per heavy atom. The zero-order chi connectivity index (χ0) is 20.3. The third kappa shape index (κ3) is 3.64. The maximum Gasteiger partial charge on any atom is 0.161 e. The van der Waals surface area contributed by atoms with Crippen molar-refractivity contribution in [3.8, 4) is 11.3 Å². The minimum Gasteiger partial charge on any atom is -0.369 e. The minimum absolute atomic E-state index is 0.927. The highest BCUT2D eigenvalue weighted by molar-refractivity contribution is 5.78. The van der Waals surface area contributed by atoms with Crippen molar-refractivity contribution in [3.05, 3.63) is 79.1 Å². The zero-order valence-electron chi connectivity index (χ0n) is 17.3. The molecule has 1 fully saturated rings. The monoisotopic (exact) mass is 397 g/mol. The molecule has 1 saturated heterocycles. The number of imidazole rings is 1. The summed E-state index contributed by atoms with van der Waals surface area (Å²) in [5, 5.41) is 3.55. The summed E-state index contributed by atoms with van der Waals surface area (Å²) in [6.07, 6.45) is 3.87. The molecule has 1 aliphatic rings. The van der Waals surface area contributed by atoms with Crippen LogP contribution < -0.4 is 10.2 Å². The van der Waals surface area contributed by atoms with Crippen LogP contribution in [-0.2, 0) is 0 Å². The lowest BCUT2D eigenvalue weighted by molar-refractivity contribution is 0.271. The van der Waals surface area contributed by atoms with Gasteiger partial charge in [0, 0.05) is 49.9 Å². The molecule has 0 amide bonds. The van der Waals surface area contributed by atoms with Crippen LogP contribution in [0, 0.1) is 0 Å². The predicted octanol–water partition coefficient (Wildman–Crippen LogP) is 4.89. The van der Waals surface area contributed by atoms with Crippen LogP contribution in [0.15, 0.2) is 79.1 Å². The fraction of sp³-hybridized carbons (Fsp3) is 0.240. The van der Waals surface area contributed by atoms with Crippen molar-refractivity contribution in [1.82, 2.24) is 14.3 Å². The number of aromatic nitrogens is 2. The molecule has 5 rings (SSSR count). The number of likely N-dealkylation sites (N-methyl/N-ethyl adjacent to an activating group) is 1. The molecule has 3 heterocycles. The van der Waals surface area contributed by atoms with Crippen LogP contribution in [0.25, 0.3) is 16.9 Å². The number of nitrogens with zero attached hydrogens (tertiary/aromatic N) is 4. The fourth-order valence-corrected chi connectivity index (χ4v) is 4.19. The van der Waals surface area contributed by atoms with E-state index in [1.165, 1.54) is 11.3 Å². The van der Waals surface area contributed by atoms with E-state index in [2.05, 4.69) is 92.1 Å². The molecule has 0 saturated carbocycles. The van der Waals surface area contributed by atoms with Gasteiger partial charge in [0.05, 0.1) is 11.4 Å². The molecule has 0 unspecified atom stereocenters. The van der Waals surface area contributed by atoms with Crippen LogP contribution in [0.3, 0.4) is 0 Å². The Bertz CT molecular complexity index is 1110. The highest BCUT2D eigenvalue weighted by Gasteiger charge is 2.16. The first-order chi connectivity index (χ1) is 14.8. The number of fused-ring (bicyclic) bond motifs is 1. The smallest absolute Gasteiger partial charge is 0.161 e. The van der Waals surface area contributed by atoms with Gasteiger partial charge in [-0.3, -0.25) is 4.40 Å². The van der Waals surface area contributed by atoms with Crippen molar-refractivity contribution in [1.29, 1.82) is 0 Å². The summed E-state index contributed by atoms with van der Waals surface area (Å²) in [7, 11) is 0. The summed E-state index contributed by atoms with van der Waals surface area (Å²) in [5.41, 5.74) is 6.61. The van der Waals surface area contributed by atoms with Gasteiger partial charge in [0.2, 0.25) is 0 Å². The zero-order valence-corrected chi connectivity index (χ0v) is 17.3. The number of piperazine rings is 1. The molecule has 0 aliphatic carbocycles. The molecular weight excluding hydrogens is 370 g/mol. The van der Waals surface area contributed by atoms with E-state index in [0.29, 0.717) is 0 Å². The quantitative estimate of drug-likeness (QED) is 0.520. The maximum atomic E-state index is 4.59. The second kappa shape index (κ2) is 8.20. The molecule has 0 atom stereocenters. The van der Waals surface area contributed by atoms with Gasteiger partial charge in [-0.05, 0) is 48.5 Å². The number of nitrogens with one attached hydrogen (secondary N) is 1. The average Bonchev–Trinajstić information content (AvgIpc) is 3.31. The Morgan fingerprint density at radius 3 is 2.37 bits per heavy atom. The molecule has 1 aliphatic heterocycles. The summed E-state index contributed by atoms with van der Waals surface area (Å²) in [5.74, 6) is 0. The second-order valence-corrected chi connectivity index (χ2v) is 7.71. The lowest BCUT2D eigenvalue weighted by atomic mass is 10.1. The highest BCUT2D eigenvalue weighted by Crippen LogP contribution is 2.28. The van der Waals surface area contributed by atoms with Gasteiger partial charge in [-0.25, -0.2) is 4.98 Å². The van der Waals surface area contributed by atoms with Crippen LogP contribution in [-0.4, -0.2) is 47.0 Å². The normalized spacial score (nSPS) is 14.9. The molecule has 4 aromatic rings. The Hall–Kier alpha value is -3.31. The van der Waals surface area contributed by atoms with Crippen LogP contribution in [0.5, 0.6) is 0 Å². The van der Waals surface area contributed by atoms with Crippen LogP contribution in [0.2, 0.25) is 0 Å². The minimum atomic E-state index is 0.927. The standard InChI is InChI=1S/C25H27N5/c1-2-28-16-18-29(19-17-28)22-10-8-21(9-11-22)27-23-12-13-24(20-6-4-3-5-7-20)30-15-14-26-25(23)30/h3-15,27H,2,16-19H2,1H3. The predicted molar refractivity (Wildman–Crippen MR) is 125 cm³/mol. The van der Waals surface area contributed by atoms with E-state index < -0.39 is 0 Å². The average molecular weight is 398 g/mol. The summed E-state index contributed by atoms with van der Waals surface area (Å²) in [4.78, 5) is 9.57. The molecule has 0 spiro atoms. The third-order valence-corrected chi connectivity index (χ3v) is 5.95. The Balaban J connectivity index is 1.36. The number of rotatable bonds is 5. The van der Waals surface area contributed by atoms with Gasteiger partial charge in [0.25, 0.3) is 0 Å². The van der Waals surface area contributed by atoms with Crippen molar-refractivity contribution in [2.24, 2.45) is 0 Å². The number of benzene rings is 2. The van der Waals surface area contributed by atoms with E-state index in [-0.39, 0.29) is 0 Å². The lowest BCUT2D eigenvalue weighted by Crippen LogP contribution is -2.46. The van der Waals surface area contributed by atoms with Gasteiger partial charge < -0.3 is 15.1 Å². The van der Waals surface area contributed by atoms with Crippen LogP contribution in [0.1, 0.15) is 6.92 Å². The topological polar surface area (TPSA) is 35.8 Å². The fourth-order valence-electron chi connectivity index (χ4n) is 4.19. The largest absolute Gasteiger partial charge is 0.369 e. The van der Waals surface area contributed by atoms with Gasteiger partial charge in [-0.2, -0.15) is 0 Å². The molecule has 5 nitrogen and oxygen atoms in total. The number of hydrogen-bond donors (Lipinski definition) is 1. The number of hydrogen-bond acceptors (Lipinski definition) is 4. The number of pyridine rings is 1. The highest BCUT2D eigenvalue weighted by atomic mass is 15.3. The Kier molecular flexibility index (Phi) is 5.11. The first kappa shape index (κ1) is 18.7. The van der Waals surface area contributed by atoms with E-state index in [1.54, 1.807) is 0 Å². The molecule has 0 radical (unpaired) electrons. The van der Waals surface area contributed by atoms with Gasteiger partial charge in [-0.15, -0.1) is 0 Å². The third-order valence-electron chi connectivity index (χ3n) is 5.95. The summed E-state index contributed by atoms with van der Waals surface area (Å²) < 4.78 is 2.14. The molecule has 152 valence electrons. The molecule has 1 N–H and O–H groups in total. The summed E-state index contributed by atoms with van der Waals surface area (Å²) >= 11 is 0. The first-order valence-electron chi connectivity index (χ1n) is 10.7. The van der Waals surface area contributed by atoms with Crippen molar-refractivity contribution in [2.45, 2.75) is 6.92 Å². The first-order valence-corrected chi connectivity index (χ1v) is 10.7. The van der Waals surface area contributed by atoms with E-state index in [0.717, 1.165) is 55.4 Å². The van der Waals surface area contributed by atoms with Crippen molar-refractivity contribution in [3.63, 3.8) is 0 Å². The van der Waals surface area contributed by atoms with Crippen molar-refractivity contribution in [2.75, 3.05) is 42.9 Å². The molecule has 2 aromatic carbocycles. The summed E-state index contributed by atoms with van der Waals surface area (Å²) in [6.45, 7) is 7.85. The van der Waals surface area contributed by atoms with Gasteiger partial charge in [0.1, 0.15) is 0 Å². The van der Waals surface area contributed by atoms with Crippen LogP contribution in [0.4, 0.5) is 17.1 Å². The van der Waals surface area contributed by atoms with Crippen molar-refractivity contribution < 1.29 is 0 Å². The number of anilines is 3. The van der Waals surface area contributed by atoms with E-state index >= 15 is 0 Å².